The van der Waals surface area contributed by atoms with Crippen molar-refractivity contribution in [2.45, 2.75) is 25.7 Å². The zero-order valence-electron chi connectivity index (χ0n) is 13.5. The van der Waals surface area contributed by atoms with Crippen molar-refractivity contribution in [2.24, 2.45) is 0 Å². The minimum Gasteiger partial charge on any atom is -0.484 e. The minimum absolute atomic E-state index is 0.0647. The van der Waals surface area contributed by atoms with Crippen LogP contribution in [-0.4, -0.2) is 23.9 Å². The van der Waals surface area contributed by atoms with Gasteiger partial charge in [-0.15, -0.1) is 0 Å². The summed E-state index contributed by atoms with van der Waals surface area (Å²) in [7, 11) is 0. The number of ether oxygens (including phenoxy) is 1. The first-order valence-electron chi connectivity index (χ1n) is 7.60. The number of benzene rings is 2. The first-order chi connectivity index (χ1) is 11.7. The van der Waals surface area contributed by atoms with Gasteiger partial charge in [-0.25, -0.2) is 4.79 Å². The van der Waals surface area contributed by atoms with Crippen molar-refractivity contribution in [3.05, 3.63) is 65.2 Å². The molecule has 0 bridgehead atoms. The van der Waals surface area contributed by atoms with Crippen molar-refractivity contribution in [3.63, 3.8) is 0 Å². The van der Waals surface area contributed by atoms with Gasteiger partial charge in [-0.3, -0.25) is 0 Å². The number of halogens is 3. The van der Waals surface area contributed by atoms with E-state index in [0.717, 1.165) is 11.1 Å². The number of alkyl halides is 3. The minimum atomic E-state index is -4.36. The van der Waals surface area contributed by atoms with Crippen molar-refractivity contribution in [1.29, 1.82) is 0 Å². The van der Waals surface area contributed by atoms with Crippen molar-refractivity contribution in [2.75, 3.05) is 6.61 Å². The Hall–Kier alpha value is -2.54. The van der Waals surface area contributed by atoms with Crippen LogP contribution in [0.5, 0.6) is 5.75 Å². The van der Waals surface area contributed by atoms with Crippen LogP contribution < -0.4 is 10.1 Å². The van der Waals surface area contributed by atoms with Crippen LogP contribution in [0.15, 0.2) is 48.5 Å². The standard InChI is InChI=1S/C18H18F3NO3/c1-12(22-10-13-3-2-4-15(9-13)17(23)24)14-5-7-16(8-6-14)25-11-18(19,20)21/h2-9,12,22H,10-11H2,1H3,(H,23,24). The Morgan fingerprint density at radius 2 is 1.88 bits per heavy atom. The van der Waals surface area contributed by atoms with E-state index in [1.165, 1.54) is 18.2 Å². The summed E-state index contributed by atoms with van der Waals surface area (Å²) in [5.41, 5.74) is 1.93. The molecule has 0 fully saturated rings. The summed E-state index contributed by atoms with van der Waals surface area (Å²) in [6.07, 6.45) is -4.36. The molecule has 2 N–H and O–H groups in total. The average molecular weight is 353 g/mol. The predicted octanol–water partition coefficient (Wildman–Crippen LogP) is 4.18. The summed E-state index contributed by atoms with van der Waals surface area (Å²) in [6.45, 7) is 1.06. The Labute approximate surface area is 143 Å². The summed E-state index contributed by atoms with van der Waals surface area (Å²) in [5, 5.41) is 12.2. The molecule has 1 atom stereocenters. The van der Waals surface area contributed by atoms with E-state index in [9.17, 15) is 18.0 Å². The smallest absolute Gasteiger partial charge is 0.422 e. The van der Waals surface area contributed by atoms with Gasteiger partial charge >= 0.3 is 12.1 Å². The number of carbonyl (C=O) groups is 1. The molecular formula is C18H18F3NO3. The van der Waals surface area contributed by atoms with Gasteiger partial charge in [-0.2, -0.15) is 13.2 Å². The Bertz CT molecular complexity index is 714. The van der Waals surface area contributed by atoms with Gasteiger partial charge < -0.3 is 15.2 Å². The molecule has 0 spiro atoms. The molecule has 4 nitrogen and oxygen atoms in total. The monoisotopic (exact) mass is 353 g/mol. The van der Waals surface area contributed by atoms with Crippen LogP contribution in [0.4, 0.5) is 13.2 Å². The van der Waals surface area contributed by atoms with Crippen molar-refractivity contribution >= 4 is 5.97 Å². The third kappa shape index (κ3) is 6.11. The molecule has 0 heterocycles. The highest BCUT2D eigenvalue weighted by Crippen LogP contribution is 2.21. The second-order valence-corrected chi connectivity index (χ2v) is 5.58. The van der Waals surface area contributed by atoms with Gasteiger partial charge in [0.2, 0.25) is 0 Å². The number of carboxylic acids is 1. The summed E-state index contributed by atoms with van der Waals surface area (Å²) in [4.78, 5) is 11.0. The quantitative estimate of drug-likeness (QED) is 0.784. The van der Waals surface area contributed by atoms with E-state index in [-0.39, 0.29) is 17.4 Å². The van der Waals surface area contributed by atoms with Gasteiger partial charge in [0.05, 0.1) is 5.56 Å². The topological polar surface area (TPSA) is 58.6 Å². The highest BCUT2D eigenvalue weighted by molar-refractivity contribution is 5.87. The lowest BCUT2D eigenvalue weighted by Crippen LogP contribution is -2.19. The molecule has 7 heteroatoms. The largest absolute Gasteiger partial charge is 0.484 e. The Kier molecular flexibility index (Phi) is 6.03. The molecule has 2 rings (SSSR count). The zero-order valence-corrected chi connectivity index (χ0v) is 13.5. The van der Waals surface area contributed by atoms with Crippen molar-refractivity contribution < 1.29 is 27.8 Å². The molecule has 2 aromatic carbocycles. The zero-order chi connectivity index (χ0) is 18.4. The molecule has 25 heavy (non-hydrogen) atoms. The van der Waals surface area contributed by atoms with E-state index in [0.29, 0.717) is 6.54 Å². The second kappa shape index (κ2) is 8.02. The van der Waals surface area contributed by atoms with Crippen molar-refractivity contribution in [3.8, 4) is 5.75 Å². The average Bonchev–Trinajstić information content (AvgIpc) is 2.58. The van der Waals surface area contributed by atoms with Gasteiger partial charge in [0.1, 0.15) is 5.75 Å². The second-order valence-electron chi connectivity index (χ2n) is 5.58. The maximum Gasteiger partial charge on any atom is 0.422 e. The van der Waals surface area contributed by atoms with E-state index >= 15 is 0 Å². The number of hydrogen-bond acceptors (Lipinski definition) is 3. The summed E-state index contributed by atoms with van der Waals surface area (Å²) < 4.78 is 41.0. The molecule has 1 unspecified atom stereocenters. The summed E-state index contributed by atoms with van der Waals surface area (Å²) in [6, 6.07) is 12.9. The van der Waals surface area contributed by atoms with Gasteiger partial charge in [0, 0.05) is 12.6 Å². The van der Waals surface area contributed by atoms with Crippen LogP contribution in [0, 0.1) is 0 Å². The number of nitrogens with one attached hydrogen (secondary N) is 1. The van der Waals surface area contributed by atoms with Crippen LogP contribution >= 0.6 is 0 Å². The van der Waals surface area contributed by atoms with Crippen LogP contribution in [0.3, 0.4) is 0 Å². The molecule has 0 saturated carbocycles. The number of hydrogen-bond donors (Lipinski definition) is 2. The van der Waals surface area contributed by atoms with Gasteiger partial charge in [-0.05, 0) is 42.3 Å². The third-order valence-corrected chi connectivity index (χ3v) is 3.57. The third-order valence-electron chi connectivity index (χ3n) is 3.57. The van der Waals surface area contributed by atoms with E-state index in [1.54, 1.807) is 24.3 Å². The molecule has 134 valence electrons. The molecule has 0 aromatic heterocycles. The fourth-order valence-electron chi connectivity index (χ4n) is 2.22. The Balaban J connectivity index is 1.91. The van der Waals surface area contributed by atoms with Gasteiger partial charge in [0.25, 0.3) is 0 Å². The molecule has 0 aliphatic heterocycles. The number of rotatable bonds is 7. The van der Waals surface area contributed by atoms with Crippen molar-refractivity contribution in [1.82, 2.24) is 5.32 Å². The normalized spacial score (nSPS) is 12.6. The van der Waals surface area contributed by atoms with Gasteiger partial charge in [-0.1, -0.05) is 24.3 Å². The molecule has 0 radical (unpaired) electrons. The van der Waals surface area contributed by atoms with Gasteiger partial charge in [0.15, 0.2) is 6.61 Å². The maximum atomic E-state index is 12.1. The first kappa shape index (κ1) is 18.8. The van der Waals surface area contributed by atoms with E-state index in [4.69, 9.17) is 5.11 Å². The van der Waals surface area contributed by atoms with Crippen LogP contribution in [0.2, 0.25) is 0 Å². The number of carboxylic acid groups (broad SMARTS) is 1. The lowest BCUT2D eigenvalue weighted by atomic mass is 10.1. The fraction of sp³-hybridized carbons (Fsp3) is 0.278. The molecule has 0 aliphatic carbocycles. The lowest BCUT2D eigenvalue weighted by Gasteiger charge is -2.15. The predicted molar refractivity (Wildman–Crippen MR) is 86.6 cm³/mol. The fourth-order valence-corrected chi connectivity index (χ4v) is 2.22. The lowest BCUT2D eigenvalue weighted by molar-refractivity contribution is -0.153. The van der Waals surface area contributed by atoms with E-state index in [2.05, 4.69) is 10.1 Å². The highest BCUT2D eigenvalue weighted by Gasteiger charge is 2.28. The molecule has 0 amide bonds. The SMILES string of the molecule is CC(NCc1cccc(C(=O)O)c1)c1ccc(OCC(F)(F)F)cc1. The number of aromatic carboxylic acids is 1. The van der Waals surface area contributed by atoms with Crippen LogP contribution in [0.1, 0.15) is 34.5 Å². The van der Waals surface area contributed by atoms with E-state index < -0.39 is 18.8 Å². The van der Waals surface area contributed by atoms with Crippen LogP contribution in [0.25, 0.3) is 0 Å². The Morgan fingerprint density at radius 1 is 1.20 bits per heavy atom. The molecular weight excluding hydrogens is 335 g/mol. The maximum absolute atomic E-state index is 12.1. The summed E-state index contributed by atoms with van der Waals surface area (Å²) >= 11 is 0. The molecule has 0 saturated heterocycles. The first-order valence-corrected chi connectivity index (χ1v) is 7.60. The summed E-state index contributed by atoms with van der Waals surface area (Å²) in [5.74, 6) is -0.827. The Morgan fingerprint density at radius 3 is 2.48 bits per heavy atom. The molecule has 2 aromatic rings. The highest BCUT2D eigenvalue weighted by atomic mass is 19.4. The molecule has 0 aliphatic rings. The van der Waals surface area contributed by atoms with Crippen LogP contribution in [-0.2, 0) is 6.54 Å². The van der Waals surface area contributed by atoms with E-state index in [1.807, 2.05) is 13.0 Å².